The molecule has 18 heavy (non-hydrogen) atoms. The molecule has 1 unspecified atom stereocenters. The standard InChI is InChI=1S/C13H22Cl2N2O/c1-10(2)8-16-4-6-17(7-5-16)11(18)12(3)9-13(12,14)15/h10H,4-9H2,1-3H3. The van der Waals surface area contributed by atoms with Crippen LogP contribution in [0.3, 0.4) is 0 Å². The van der Waals surface area contributed by atoms with Crippen LogP contribution in [-0.2, 0) is 4.79 Å². The Kier molecular flexibility index (Phi) is 3.88. The summed E-state index contributed by atoms with van der Waals surface area (Å²) in [7, 11) is 0. The second kappa shape index (κ2) is 4.84. The highest BCUT2D eigenvalue weighted by Gasteiger charge is 2.68. The van der Waals surface area contributed by atoms with E-state index in [2.05, 4.69) is 18.7 Å². The minimum Gasteiger partial charge on any atom is -0.340 e. The highest BCUT2D eigenvalue weighted by molar-refractivity contribution is 6.53. The van der Waals surface area contributed by atoms with Gasteiger partial charge in [0, 0.05) is 32.7 Å². The lowest BCUT2D eigenvalue weighted by molar-refractivity contribution is -0.138. The predicted octanol–water partition coefficient (Wildman–Crippen LogP) is 2.37. The summed E-state index contributed by atoms with van der Waals surface area (Å²) in [6.45, 7) is 10.9. The number of piperazine rings is 1. The molecule has 2 aliphatic rings. The van der Waals surface area contributed by atoms with Gasteiger partial charge in [-0.2, -0.15) is 0 Å². The molecule has 0 radical (unpaired) electrons. The molecule has 1 aliphatic heterocycles. The van der Waals surface area contributed by atoms with Crippen molar-refractivity contribution in [2.45, 2.75) is 31.5 Å². The Morgan fingerprint density at radius 1 is 1.22 bits per heavy atom. The van der Waals surface area contributed by atoms with Gasteiger partial charge in [0.15, 0.2) is 0 Å². The lowest BCUT2D eigenvalue weighted by Gasteiger charge is -2.37. The van der Waals surface area contributed by atoms with Crippen LogP contribution in [0.4, 0.5) is 0 Å². The quantitative estimate of drug-likeness (QED) is 0.746. The van der Waals surface area contributed by atoms with Crippen molar-refractivity contribution in [1.82, 2.24) is 9.80 Å². The van der Waals surface area contributed by atoms with Crippen molar-refractivity contribution >= 4 is 29.1 Å². The highest BCUT2D eigenvalue weighted by atomic mass is 35.5. The Morgan fingerprint density at radius 2 is 1.72 bits per heavy atom. The summed E-state index contributed by atoms with van der Waals surface area (Å²) in [6, 6.07) is 0. The van der Waals surface area contributed by atoms with Gasteiger partial charge in [0.2, 0.25) is 5.91 Å². The van der Waals surface area contributed by atoms with Crippen LogP contribution in [0.5, 0.6) is 0 Å². The fourth-order valence-electron chi connectivity index (χ4n) is 2.63. The van der Waals surface area contributed by atoms with Gasteiger partial charge in [-0.25, -0.2) is 0 Å². The maximum absolute atomic E-state index is 12.4. The van der Waals surface area contributed by atoms with Crippen molar-refractivity contribution in [3.8, 4) is 0 Å². The lowest BCUT2D eigenvalue weighted by Crippen LogP contribution is -2.51. The summed E-state index contributed by atoms with van der Waals surface area (Å²) in [5.74, 6) is 0.795. The van der Waals surface area contributed by atoms with E-state index in [1.807, 2.05) is 11.8 Å². The number of amides is 1. The Bertz CT molecular complexity index is 338. The average molecular weight is 293 g/mol. The molecular formula is C13H22Cl2N2O. The molecule has 2 rings (SSSR count). The van der Waals surface area contributed by atoms with Gasteiger partial charge in [-0.05, 0) is 19.3 Å². The van der Waals surface area contributed by atoms with Gasteiger partial charge in [0.1, 0.15) is 4.33 Å². The van der Waals surface area contributed by atoms with Gasteiger partial charge in [-0.15, -0.1) is 23.2 Å². The Labute approximate surface area is 119 Å². The Hall–Kier alpha value is 0.01000. The molecule has 0 aromatic heterocycles. The molecule has 1 saturated heterocycles. The minimum absolute atomic E-state index is 0.122. The van der Waals surface area contributed by atoms with E-state index in [1.54, 1.807) is 0 Å². The van der Waals surface area contributed by atoms with Crippen molar-refractivity contribution in [2.75, 3.05) is 32.7 Å². The second-order valence-electron chi connectivity index (χ2n) is 6.20. The van der Waals surface area contributed by atoms with Crippen LogP contribution >= 0.6 is 23.2 Å². The van der Waals surface area contributed by atoms with Crippen molar-refractivity contribution in [1.29, 1.82) is 0 Å². The SMILES string of the molecule is CC(C)CN1CCN(C(=O)C2(C)CC2(Cl)Cl)CC1. The average Bonchev–Trinajstić information content (AvgIpc) is 2.79. The zero-order valence-corrected chi connectivity index (χ0v) is 12.9. The van der Waals surface area contributed by atoms with Gasteiger partial charge in [-0.1, -0.05) is 13.8 Å². The first-order valence-corrected chi connectivity index (χ1v) is 7.41. The zero-order chi connectivity index (χ0) is 13.6. The molecule has 3 nitrogen and oxygen atoms in total. The molecule has 1 aliphatic carbocycles. The Balaban J connectivity index is 1.85. The molecule has 0 aromatic carbocycles. The summed E-state index contributed by atoms with van der Waals surface area (Å²) >= 11 is 12.1. The first kappa shape index (κ1) is 14.4. The molecule has 1 saturated carbocycles. The molecule has 1 heterocycles. The summed E-state index contributed by atoms with van der Waals surface area (Å²) in [6.07, 6.45) is 0.578. The molecule has 5 heteroatoms. The second-order valence-corrected chi connectivity index (χ2v) is 7.68. The van der Waals surface area contributed by atoms with Crippen molar-refractivity contribution in [2.24, 2.45) is 11.3 Å². The lowest BCUT2D eigenvalue weighted by atomic mass is 10.1. The van der Waals surface area contributed by atoms with E-state index in [0.29, 0.717) is 12.3 Å². The monoisotopic (exact) mass is 292 g/mol. The molecule has 104 valence electrons. The van der Waals surface area contributed by atoms with E-state index in [-0.39, 0.29) is 5.91 Å². The molecule has 1 amide bonds. The summed E-state index contributed by atoms with van der Waals surface area (Å²) in [5, 5.41) is 0. The van der Waals surface area contributed by atoms with Crippen LogP contribution in [0.2, 0.25) is 0 Å². The number of alkyl halides is 2. The van der Waals surface area contributed by atoms with Gasteiger partial charge >= 0.3 is 0 Å². The highest BCUT2D eigenvalue weighted by Crippen LogP contribution is 2.64. The number of nitrogens with zero attached hydrogens (tertiary/aromatic N) is 2. The van der Waals surface area contributed by atoms with Crippen molar-refractivity contribution in [3.05, 3.63) is 0 Å². The van der Waals surface area contributed by atoms with Crippen LogP contribution in [0.25, 0.3) is 0 Å². The maximum atomic E-state index is 12.4. The van der Waals surface area contributed by atoms with E-state index >= 15 is 0 Å². The largest absolute Gasteiger partial charge is 0.340 e. The van der Waals surface area contributed by atoms with Gasteiger partial charge in [0.05, 0.1) is 5.41 Å². The summed E-state index contributed by atoms with van der Waals surface area (Å²) in [5.41, 5.74) is -0.559. The van der Waals surface area contributed by atoms with Gasteiger partial charge in [0.25, 0.3) is 0 Å². The normalized spacial score (nSPS) is 31.8. The zero-order valence-electron chi connectivity index (χ0n) is 11.4. The first-order valence-electron chi connectivity index (χ1n) is 6.66. The van der Waals surface area contributed by atoms with E-state index < -0.39 is 9.75 Å². The van der Waals surface area contributed by atoms with Crippen LogP contribution in [-0.4, -0.2) is 52.8 Å². The molecule has 2 fully saturated rings. The number of rotatable bonds is 3. The molecule has 0 spiro atoms. The number of carbonyl (C=O) groups is 1. The van der Waals surface area contributed by atoms with Crippen LogP contribution in [0.1, 0.15) is 27.2 Å². The molecule has 0 N–H and O–H groups in total. The smallest absolute Gasteiger partial charge is 0.231 e. The van der Waals surface area contributed by atoms with Crippen LogP contribution in [0, 0.1) is 11.3 Å². The molecule has 0 bridgehead atoms. The summed E-state index contributed by atoms with van der Waals surface area (Å²) < 4.78 is -0.848. The Morgan fingerprint density at radius 3 is 2.11 bits per heavy atom. The van der Waals surface area contributed by atoms with Crippen LogP contribution < -0.4 is 0 Å². The van der Waals surface area contributed by atoms with E-state index in [1.165, 1.54) is 0 Å². The van der Waals surface area contributed by atoms with Gasteiger partial charge in [-0.3, -0.25) is 9.69 Å². The molecule has 0 aromatic rings. The third-order valence-electron chi connectivity index (χ3n) is 4.01. The third-order valence-corrected chi connectivity index (χ3v) is 5.11. The third kappa shape index (κ3) is 2.63. The van der Waals surface area contributed by atoms with E-state index in [9.17, 15) is 4.79 Å². The van der Waals surface area contributed by atoms with Crippen molar-refractivity contribution < 1.29 is 4.79 Å². The predicted molar refractivity (Wildman–Crippen MR) is 75.0 cm³/mol. The topological polar surface area (TPSA) is 23.6 Å². The minimum atomic E-state index is -0.848. The van der Waals surface area contributed by atoms with E-state index in [0.717, 1.165) is 32.7 Å². The fourth-order valence-corrected chi connectivity index (χ4v) is 3.33. The van der Waals surface area contributed by atoms with Gasteiger partial charge < -0.3 is 4.90 Å². The number of hydrogen-bond acceptors (Lipinski definition) is 2. The molecular weight excluding hydrogens is 271 g/mol. The number of carbonyl (C=O) groups excluding carboxylic acids is 1. The fraction of sp³-hybridized carbons (Fsp3) is 0.923. The number of halogens is 2. The molecule has 1 atom stereocenters. The van der Waals surface area contributed by atoms with E-state index in [4.69, 9.17) is 23.2 Å². The van der Waals surface area contributed by atoms with Crippen LogP contribution in [0.15, 0.2) is 0 Å². The van der Waals surface area contributed by atoms with Crippen molar-refractivity contribution in [3.63, 3.8) is 0 Å². The maximum Gasteiger partial charge on any atom is 0.231 e. The summed E-state index contributed by atoms with van der Waals surface area (Å²) in [4.78, 5) is 16.7. The first-order chi connectivity index (χ1) is 8.26. The number of hydrogen-bond donors (Lipinski definition) is 0.